The van der Waals surface area contributed by atoms with Crippen molar-refractivity contribution < 1.29 is 4.79 Å². The highest BCUT2D eigenvalue weighted by atomic mass is 16.2. The lowest BCUT2D eigenvalue weighted by atomic mass is 9.99. The molecule has 1 aliphatic heterocycles. The molecule has 4 nitrogen and oxygen atoms in total. The van der Waals surface area contributed by atoms with Gasteiger partial charge in [-0.2, -0.15) is 0 Å². The van der Waals surface area contributed by atoms with E-state index < -0.39 is 0 Å². The third-order valence-corrected chi connectivity index (χ3v) is 2.86. The number of likely N-dealkylation sites (tertiary alicyclic amines) is 1. The third kappa shape index (κ3) is 3.27. The average Bonchev–Trinajstić information content (AvgIpc) is 2.16. The molecule has 1 aliphatic rings. The molecule has 1 amide bonds. The number of piperidine rings is 1. The Bertz CT molecular complexity index is 196. The van der Waals surface area contributed by atoms with Gasteiger partial charge in [-0.15, -0.1) is 0 Å². The molecule has 0 aromatic carbocycles. The molecule has 1 saturated heterocycles. The van der Waals surface area contributed by atoms with Gasteiger partial charge in [0.2, 0.25) is 5.91 Å². The fourth-order valence-corrected chi connectivity index (χ4v) is 2.06. The van der Waals surface area contributed by atoms with E-state index in [-0.39, 0.29) is 11.8 Å². The number of carbonyl (C=O) groups excluding carboxylic acids is 1. The van der Waals surface area contributed by atoms with Crippen molar-refractivity contribution >= 4 is 5.91 Å². The molecule has 0 aliphatic carbocycles. The minimum Gasteiger partial charge on any atom is -0.302 e. The van der Waals surface area contributed by atoms with Crippen molar-refractivity contribution in [2.45, 2.75) is 26.7 Å². The summed E-state index contributed by atoms with van der Waals surface area (Å²) in [7, 11) is 0. The molecule has 2 unspecified atom stereocenters. The zero-order valence-electron chi connectivity index (χ0n) is 9.12. The molecule has 14 heavy (non-hydrogen) atoms. The van der Waals surface area contributed by atoms with Gasteiger partial charge in [0.25, 0.3) is 0 Å². The molecule has 4 heteroatoms. The van der Waals surface area contributed by atoms with Crippen molar-refractivity contribution in [3.8, 4) is 0 Å². The van der Waals surface area contributed by atoms with E-state index in [0.29, 0.717) is 0 Å². The van der Waals surface area contributed by atoms with Gasteiger partial charge in [0, 0.05) is 19.0 Å². The summed E-state index contributed by atoms with van der Waals surface area (Å²) in [5.41, 5.74) is 2.20. The van der Waals surface area contributed by atoms with E-state index in [1.807, 2.05) is 6.92 Å². The van der Waals surface area contributed by atoms with Crippen LogP contribution >= 0.6 is 0 Å². The summed E-state index contributed by atoms with van der Waals surface area (Å²) >= 11 is 0. The Morgan fingerprint density at radius 3 is 3.00 bits per heavy atom. The number of nitrogens with one attached hydrogen (secondary N) is 1. The second kappa shape index (κ2) is 5.32. The zero-order chi connectivity index (χ0) is 10.6. The fraction of sp³-hybridized carbons (Fsp3) is 0.900. The third-order valence-electron chi connectivity index (χ3n) is 2.86. The second-order valence-corrected chi connectivity index (χ2v) is 4.42. The number of amides is 1. The van der Waals surface area contributed by atoms with Gasteiger partial charge in [0.05, 0.1) is 0 Å². The predicted octanol–water partition coefficient (Wildman–Crippen LogP) is 0.344. The summed E-state index contributed by atoms with van der Waals surface area (Å²) in [5, 5.41) is 0. The first-order valence-electron chi connectivity index (χ1n) is 5.36. The molecule has 0 saturated carbocycles. The highest BCUT2D eigenvalue weighted by molar-refractivity contribution is 5.77. The van der Waals surface area contributed by atoms with E-state index in [4.69, 9.17) is 5.84 Å². The van der Waals surface area contributed by atoms with Crippen molar-refractivity contribution in [1.29, 1.82) is 0 Å². The molecule has 3 N–H and O–H groups in total. The monoisotopic (exact) mass is 199 g/mol. The maximum Gasteiger partial charge on any atom is 0.237 e. The van der Waals surface area contributed by atoms with Crippen LogP contribution in [-0.2, 0) is 4.79 Å². The predicted molar refractivity (Wildman–Crippen MR) is 56.3 cm³/mol. The van der Waals surface area contributed by atoms with Crippen molar-refractivity contribution in [2.75, 3.05) is 19.6 Å². The van der Waals surface area contributed by atoms with Crippen LogP contribution in [-0.4, -0.2) is 30.4 Å². The Kier molecular flexibility index (Phi) is 4.35. The van der Waals surface area contributed by atoms with Crippen LogP contribution in [0.1, 0.15) is 26.7 Å². The summed E-state index contributed by atoms with van der Waals surface area (Å²) in [6.45, 7) is 7.24. The fourth-order valence-electron chi connectivity index (χ4n) is 2.06. The summed E-state index contributed by atoms with van der Waals surface area (Å²) in [6, 6.07) is 0. The Morgan fingerprint density at radius 2 is 2.43 bits per heavy atom. The van der Waals surface area contributed by atoms with Crippen LogP contribution in [0, 0.1) is 11.8 Å². The number of rotatable bonds is 3. The van der Waals surface area contributed by atoms with E-state index in [2.05, 4.69) is 17.2 Å². The molecule has 1 fully saturated rings. The summed E-state index contributed by atoms with van der Waals surface area (Å²) in [5.74, 6) is 5.77. The van der Waals surface area contributed by atoms with E-state index >= 15 is 0 Å². The van der Waals surface area contributed by atoms with Gasteiger partial charge >= 0.3 is 0 Å². The van der Waals surface area contributed by atoms with Crippen molar-refractivity contribution in [3.63, 3.8) is 0 Å². The van der Waals surface area contributed by atoms with Crippen LogP contribution in [0.25, 0.3) is 0 Å². The molecule has 0 bridgehead atoms. The van der Waals surface area contributed by atoms with Gasteiger partial charge in [-0.25, -0.2) is 5.84 Å². The molecule has 1 rings (SSSR count). The highest BCUT2D eigenvalue weighted by Gasteiger charge is 2.20. The van der Waals surface area contributed by atoms with Crippen LogP contribution in [0.4, 0.5) is 0 Å². The molecule has 0 radical (unpaired) electrons. The SMILES string of the molecule is CC1CCCN(CC(C)C(=O)NN)C1. The number of nitrogens with two attached hydrogens (primary N) is 1. The molecular formula is C10H21N3O. The molecule has 82 valence electrons. The summed E-state index contributed by atoms with van der Waals surface area (Å²) < 4.78 is 0. The lowest BCUT2D eigenvalue weighted by Gasteiger charge is -2.32. The molecule has 0 aromatic heterocycles. The lowest BCUT2D eigenvalue weighted by molar-refractivity contribution is -0.125. The van der Waals surface area contributed by atoms with Crippen LogP contribution in [0.3, 0.4) is 0 Å². The van der Waals surface area contributed by atoms with Gasteiger partial charge in [-0.3, -0.25) is 10.2 Å². The smallest absolute Gasteiger partial charge is 0.237 e. The second-order valence-electron chi connectivity index (χ2n) is 4.42. The maximum atomic E-state index is 11.2. The zero-order valence-corrected chi connectivity index (χ0v) is 9.12. The molecular weight excluding hydrogens is 178 g/mol. The molecule has 0 aromatic rings. The number of hydrazine groups is 1. The minimum atomic E-state index is -0.0665. The number of hydrogen-bond donors (Lipinski definition) is 2. The van der Waals surface area contributed by atoms with Crippen LogP contribution < -0.4 is 11.3 Å². The van der Waals surface area contributed by atoms with Gasteiger partial charge in [-0.05, 0) is 25.3 Å². The normalized spacial score (nSPS) is 25.8. The lowest BCUT2D eigenvalue weighted by Crippen LogP contribution is -2.43. The van der Waals surface area contributed by atoms with E-state index in [1.165, 1.54) is 12.8 Å². The molecule has 0 spiro atoms. The first-order chi connectivity index (χ1) is 6.63. The Labute approximate surface area is 85.8 Å². The Hall–Kier alpha value is -0.610. The maximum absolute atomic E-state index is 11.2. The van der Waals surface area contributed by atoms with Crippen molar-refractivity contribution in [3.05, 3.63) is 0 Å². The van der Waals surface area contributed by atoms with Gasteiger partial charge < -0.3 is 4.90 Å². The Morgan fingerprint density at radius 1 is 1.71 bits per heavy atom. The molecule has 2 atom stereocenters. The summed E-state index contributed by atoms with van der Waals surface area (Å²) in [4.78, 5) is 13.6. The van der Waals surface area contributed by atoms with Gasteiger partial charge in [0.15, 0.2) is 0 Å². The topological polar surface area (TPSA) is 58.4 Å². The van der Waals surface area contributed by atoms with E-state index in [0.717, 1.165) is 25.6 Å². The van der Waals surface area contributed by atoms with E-state index in [1.54, 1.807) is 0 Å². The van der Waals surface area contributed by atoms with Crippen LogP contribution in [0.2, 0.25) is 0 Å². The first-order valence-corrected chi connectivity index (χ1v) is 5.36. The van der Waals surface area contributed by atoms with Crippen LogP contribution in [0.5, 0.6) is 0 Å². The number of nitrogens with zero attached hydrogens (tertiary/aromatic N) is 1. The number of carbonyl (C=O) groups is 1. The molecule has 1 heterocycles. The van der Waals surface area contributed by atoms with Crippen LogP contribution in [0.15, 0.2) is 0 Å². The number of hydrogen-bond acceptors (Lipinski definition) is 3. The minimum absolute atomic E-state index is 0.00898. The quantitative estimate of drug-likeness (QED) is 0.391. The van der Waals surface area contributed by atoms with Crippen molar-refractivity contribution in [2.24, 2.45) is 17.7 Å². The average molecular weight is 199 g/mol. The summed E-state index contributed by atoms with van der Waals surface area (Å²) in [6.07, 6.45) is 2.56. The van der Waals surface area contributed by atoms with Crippen molar-refractivity contribution in [1.82, 2.24) is 10.3 Å². The highest BCUT2D eigenvalue weighted by Crippen LogP contribution is 2.16. The largest absolute Gasteiger partial charge is 0.302 e. The van der Waals surface area contributed by atoms with Gasteiger partial charge in [0.1, 0.15) is 0 Å². The van der Waals surface area contributed by atoms with E-state index in [9.17, 15) is 4.79 Å². The van der Waals surface area contributed by atoms with Gasteiger partial charge in [-0.1, -0.05) is 13.8 Å². The first kappa shape index (κ1) is 11.5. The Balaban J connectivity index is 2.32. The standard InChI is InChI=1S/C10H21N3O/c1-8-4-3-5-13(6-8)7-9(2)10(14)12-11/h8-9H,3-7,11H2,1-2H3,(H,12,14).